The highest BCUT2D eigenvalue weighted by molar-refractivity contribution is 8.00. The topological polar surface area (TPSA) is 75.6 Å². The van der Waals surface area contributed by atoms with E-state index in [1.807, 2.05) is 19.9 Å². The van der Waals surface area contributed by atoms with Gasteiger partial charge in [0.15, 0.2) is 0 Å². The SMILES string of the molecule is CCC(C)Oc1cccc(NC(=O)CSCC(=O)O)c1. The van der Waals surface area contributed by atoms with Crippen LogP contribution in [0, 0.1) is 0 Å². The van der Waals surface area contributed by atoms with E-state index in [4.69, 9.17) is 9.84 Å². The zero-order valence-electron chi connectivity index (χ0n) is 11.6. The van der Waals surface area contributed by atoms with Crippen molar-refractivity contribution in [2.24, 2.45) is 0 Å². The number of carbonyl (C=O) groups excluding carboxylic acids is 1. The summed E-state index contributed by atoms with van der Waals surface area (Å²) in [5.41, 5.74) is 0.645. The van der Waals surface area contributed by atoms with Gasteiger partial charge in [-0.3, -0.25) is 9.59 Å². The van der Waals surface area contributed by atoms with Crippen molar-refractivity contribution in [2.75, 3.05) is 16.8 Å². The molecule has 0 heterocycles. The molecule has 0 aliphatic heterocycles. The van der Waals surface area contributed by atoms with E-state index < -0.39 is 5.97 Å². The van der Waals surface area contributed by atoms with Gasteiger partial charge in [-0.05, 0) is 25.5 Å². The largest absolute Gasteiger partial charge is 0.491 e. The molecule has 0 aliphatic carbocycles. The van der Waals surface area contributed by atoms with Gasteiger partial charge in [0.05, 0.1) is 17.6 Å². The fraction of sp³-hybridized carbons (Fsp3) is 0.429. The Bertz CT molecular complexity index is 464. The molecule has 6 heteroatoms. The van der Waals surface area contributed by atoms with Gasteiger partial charge in [0.2, 0.25) is 5.91 Å². The monoisotopic (exact) mass is 297 g/mol. The predicted octanol–water partition coefficient (Wildman–Crippen LogP) is 2.62. The van der Waals surface area contributed by atoms with Gasteiger partial charge >= 0.3 is 5.97 Å². The number of hydrogen-bond acceptors (Lipinski definition) is 4. The lowest BCUT2D eigenvalue weighted by molar-refractivity contribution is -0.133. The Balaban J connectivity index is 2.48. The van der Waals surface area contributed by atoms with Crippen molar-refractivity contribution in [1.82, 2.24) is 0 Å². The Hall–Kier alpha value is -1.69. The van der Waals surface area contributed by atoms with E-state index in [0.29, 0.717) is 11.4 Å². The molecule has 0 saturated heterocycles. The minimum absolute atomic E-state index is 0.0788. The van der Waals surface area contributed by atoms with Gasteiger partial charge in [-0.2, -0.15) is 0 Å². The number of amides is 1. The van der Waals surface area contributed by atoms with Crippen LogP contribution >= 0.6 is 11.8 Å². The third-order valence-electron chi connectivity index (χ3n) is 2.49. The molecule has 5 nitrogen and oxygen atoms in total. The van der Waals surface area contributed by atoms with Crippen molar-refractivity contribution in [2.45, 2.75) is 26.4 Å². The lowest BCUT2D eigenvalue weighted by Gasteiger charge is -2.13. The van der Waals surface area contributed by atoms with Gasteiger partial charge < -0.3 is 15.2 Å². The van der Waals surface area contributed by atoms with Crippen LogP contribution in [0.4, 0.5) is 5.69 Å². The summed E-state index contributed by atoms with van der Waals surface area (Å²) in [6.45, 7) is 4.02. The van der Waals surface area contributed by atoms with Gasteiger partial charge in [-0.15, -0.1) is 11.8 Å². The zero-order chi connectivity index (χ0) is 15.0. The number of anilines is 1. The molecule has 1 rings (SSSR count). The molecule has 0 saturated carbocycles. The van der Waals surface area contributed by atoms with Crippen LogP contribution in [0.2, 0.25) is 0 Å². The molecular weight excluding hydrogens is 278 g/mol. The second-order valence-electron chi connectivity index (χ2n) is 4.30. The first-order valence-corrected chi connectivity index (χ1v) is 7.52. The second-order valence-corrected chi connectivity index (χ2v) is 5.28. The Morgan fingerprint density at radius 2 is 2.15 bits per heavy atom. The smallest absolute Gasteiger partial charge is 0.313 e. The minimum atomic E-state index is -0.924. The standard InChI is InChI=1S/C14H19NO4S/c1-3-10(2)19-12-6-4-5-11(7-12)15-13(16)8-20-9-14(17)18/h4-7,10H,3,8-9H2,1-2H3,(H,15,16)(H,17,18). The third-order valence-corrected chi connectivity index (χ3v) is 3.41. The van der Waals surface area contributed by atoms with E-state index in [1.54, 1.807) is 18.2 Å². The number of thioether (sulfide) groups is 1. The molecule has 0 aliphatic rings. The molecule has 0 spiro atoms. The van der Waals surface area contributed by atoms with Crippen molar-refractivity contribution in [1.29, 1.82) is 0 Å². The molecule has 1 amide bonds. The zero-order valence-corrected chi connectivity index (χ0v) is 12.4. The molecule has 1 aromatic rings. The molecule has 110 valence electrons. The predicted molar refractivity (Wildman–Crippen MR) is 80.4 cm³/mol. The van der Waals surface area contributed by atoms with E-state index in [2.05, 4.69) is 5.32 Å². The maximum atomic E-state index is 11.6. The van der Waals surface area contributed by atoms with E-state index in [0.717, 1.165) is 18.2 Å². The third kappa shape index (κ3) is 6.47. The number of nitrogens with one attached hydrogen (secondary N) is 1. The number of hydrogen-bond donors (Lipinski definition) is 2. The highest BCUT2D eigenvalue weighted by Gasteiger charge is 2.06. The minimum Gasteiger partial charge on any atom is -0.491 e. The van der Waals surface area contributed by atoms with Crippen LogP contribution in [0.15, 0.2) is 24.3 Å². The lowest BCUT2D eigenvalue weighted by atomic mass is 10.2. The summed E-state index contributed by atoms with van der Waals surface area (Å²) >= 11 is 1.06. The molecular formula is C14H19NO4S. The van der Waals surface area contributed by atoms with Crippen LogP contribution < -0.4 is 10.1 Å². The maximum Gasteiger partial charge on any atom is 0.313 e. The number of benzene rings is 1. The summed E-state index contributed by atoms with van der Waals surface area (Å²) in [6, 6.07) is 7.16. The van der Waals surface area contributed by atoms with Crippen LogP contribution in [0.3, 0.4) is 0 Å². The quantitative estimate of drug-likeness (QED) is 0.771. The van der Waals surface area contributed by atoms with E-state index in [9.17, 15) is 9.59 Å². The number of carboxylic acids is 1. The van der Waals surface area contributed by atoms with Gasteiger partial charge in [0.1, 0.15) is 5.75 Å². The lowest BCUT2D eigenvalue weighted by Crippen LogP contribution is -2.15. The number of ether oxygens (including phenoxy) is 1. The van der Waals surface area contributed by atoms with E-state index >= 15 is 0 Å². The molecule has 20 heavy (non-hydrogen) atoms. The van der Waals surface area contributed by atoms with Gasteiger partial charge in [0, 0.05) is 11.8 Å². The summed E-state index contributed by atoms with van der Waals surface area (Å²) in [5, 5.41) is 11.2. The van der Waals surface area contributed by atoms with Crippen molar-refractivity contribution in [3.8, 4) is 5.75 Å². The van der Waals surface area contributed by atoms with Gasteiger partial charge in [0.25, 0.3) is 0 Å². The van der Waals surface area contributed by atoms with Crippen LogP contribution in [-0.2, 0) is 9.59 Å². The Kier molecular flexibility index (Phi) is 6.93. The summed E-state index contributed by atoms with van der Waals surface area (Å²) < 4.78 is 5.66. The highest BCUT2D eigenvalue weighted by atomic mass is 32.2. The van der Waals surface area contributed by atoms with Crippen LogP contribution in [0.1, 0.15) is 20.3 Å². The Labute approximate surface area is 122 Å². The molecule has 0 radical (unpaired) electrons. The van der Waals surface area contributed by atoms with Crippen LogP contribution in [0.5, 0.6) is 5.75 Å². The van der Waals surface area contributed by atoms with Crippen molar-refractivity contribution >= 4 is 29.3 Å². The number of aliphatic carboxylic acids is 1. The maximum absolute atomic E-state index is 11.6. The summed E-state index contributed by atoms with van der Waals surface area (Å²) in [6.07, 6.45) is 1.02. The fourth-order valence-corrected chi connectivity index (χ4v) is 1.93. The number of carbonyl (C=O) groups is 2. The van der Waals surface area contributed by atoms with Crippen LogP contribution in [-0.4, -0.2) is 34.6 Å². The van der Waals surface area contributed by atoms with Gasteiger partial charge in [-0.25, -0.2) is 0 Å². The van der Waals surface area contributed by atoms with E-state index in [1.165, 1.54) is 0 Å². The fourth-order valence-electron chi connectivity index (χ4n) is 1.39. The summed E-state index contributed by atoms with van der Waals surface area (Å²) in [7, 11) is 0. The van der Waals surface area contributed by atoms with Crippen molar-refractivity contribution in [3.05, 3.63) is 24.3 Å². The Morgan fingerprint density at radius 1 is 1.40 bits per heavy atom. The molecule has 0 bridgehead atoms. The Morgan fingerprint density at radius 3 is 2.80 bits per heavy atom. The van der Waals surface area contributed by atoms with Crippen molar-refractivity contribution in [3.63, 3.8) is 0 Å². The van der Waals surface area contributed by atoms with Crippen molar-refractivity contribution < 1.29 is 19.4 Å². The number of rotatable bonds is 8. The van der Waals surface area contributed by atoms with E-state index in [-0.39, 0.29) is 23.5 Å². The normalized spacial score (nSPS) is 11.7. The summed E-state index contributed by atoms with van der Waals surface area (Å²) in [5.74, 6) is -0.410. The summed E-state index contributed by atoms with van der Waals surface area (Å²) in [4.78, 5) is 22.0. The molecule has 1 unspecified atom stereocenters. The van der Waals surface area contributed by atoms with Gasteiger partial charge in [-0.1, -0.05) is 13.0 Å². The molecule has 0 fully saturated rings. The molecule has 0 aromatic heterocycles. The van der Waals surface area contributed by atoms with Crippen LogP contribution in [0.25, 0.3) is 0 Å². The second kappa shape index (κ2) is 8.47. The first kappa shape index (κ1) is 16.4. The molecule has 1 aromatic carbocycles. The molecule has 1 atom stereocenters. The molecule has 2 N–H and O–H groups in total. The average Bonchev–Trinajstić information content (AvgIpc) is 2.38. The first-order valence-electron chi connectivity index (χ1n) is 6.37. The highest BCUT2D eigenvalue weighted by Crippen LogP contribution is 2.19. The first-order chi connectivity index (χ1) is 9.51. The average molecular weight is 297 g/mol. The number of carboxylic acid groups (broad SMARTS) is 1.